The predicted molar refractivity (Wildman–Crippen MR) is 98.2 cm³/mol. The number of amides is 1. The van der Waals surface area contributed by atoms with Gasteiger partial charge in [-0.05, 0) is 24.5 Å². The molecular formula is C18H22N2O5S. The maximum Gasteiger partial charge on any atom is 0.255 e. The third kappa shape index (κ3) is 3.55. The molecule has 0 radical (unpaired) electrons. The fourth-order valence-corrected chi connectivity index (χ4v) is 4.39. The van der Waals surface area contributed by atoms with Gasteiger partial charge in [-0.2, -0.15) is 0 Å². The van der Waals surface area contributed by atoms with Crippen molar-refractivity contribution in [1.82, 2.24) is 4.98 Å². The molecule has 2 aromatic rings. The standard InChI is InChI=1S/C18H22N2O5S/c1-22-13-5-4-12(11-9-23-7-8-24-10-11)16-15(13)19-18(26-16)20-17(21)14-3-2-6-25-14/h4-5,11,14H,2-3,6-10H2,1H3,(H,19,20,21)/t14-/m1/s1. The SMILES string of the molecule is COc1ccc(C2COCCOC2)c2sc(NC(=O)[C@H]3CCCO3)nc12. The van der Waals surface area contributed by atoms with Crippen LogP contribution in [-0.2, 0) is 19.0 Å². The van der Waals surface area contributed by atoms with E-state index in [0.29, 0.717) is 43.9 Å². The number of thiazole rings is 1. The van der Waals surface area contributed by atoms with Crippen molar-refractivity contribution in [3.05, 3.63) is 17.7 Å². The van der Waals surface area contributed by atoms with Crippen LogP contribution in [0.3, 0.4) is 0 Å². The molecule has 0 aliphatic carbocycles. The van der Waals surface area contributed by atoms with Crippen LogP contribution in [0.5, 0.6) is 5.75 Å². The Morgan fingerprint density at radius 2 is 2.08 bits per heavy atom. The first kappa shape index (κ1) is 17.7. The molecule has 2 aliphatic heterocycles. The van der Waals surface area contributed by atoms with Crippen LogP contribution in [0.4, 0.5) is 5.13 Å². The van der Waals surface area contributed by atoms with Gasteiger partial charge in [-0.15, -0.1) is 0 Å². The number of rotatable bonds is 4. The highest BCUT2D eigenvalue weighted by molar-refractivity contribution is 7.22. The van der Waals surface area contributed by atoms with E-state index < -0.39 is 0 Å². The molecule has 3 heterocycles. The Kier molecular flexibility index (Phi) is 5.35. The molecule has 1 aromatic carbocycles. The van der Waals surface area contributed by atoms with Crippen molar-refractivity contribution < 1.29 is 23.7 Å². The number of anilines is 1. The fraction of sp³-hybridized carbons (Fsp3) is 0.556. The van der Waals surface area contributed by atoms with Crippen molar-refractivity contribution in [1.29, 1.82) is 0 Å². The lowest BCUT2D eigenvalue weighted by atomic mass is 10.0. The molecule has 1 atom stereocenters. The second-order valence-corrected chi connectivity index (χ2v) is 7.39. The van der Waals surface area contributed by atoms with Crippen LogP contribution in [0.15, 0.2) is 12.1 Å². The summed E-state index contributed by atoms with van der Waals surface area (Å²) in [6.45, 7) is 3.08. The van der Waals surface area contributed by atoms with Gasteiger partial charge in [-0.1, -0.05) is 17.4 Å². The fourth-order valence-electron chi connectivity index (χ4n) is 3.31. The van der Waals surface area contributed by atoms with E-state index >= 15 is 0 Å². The Balaban J connectivity index is 1.65. The van der Waals surface area contributed by atoms with Crippen molar-refractivity contribution in [3.8, 4) is 5.75 Å². The number of methoxy groups -OCH3 is 1. The molecule has 1 aromatic heterocycles. The molecule has 8 heteroatoms. The zero-order valence-corrected chi connectivity index (χ0v) is 15.5. The summed E-state index contributed by atoms with van der Waals surface area (Å²) in [4.78, 5) is 16.9. The number of benzene rings is 1. The second-order valence-electron chi connectivity index (χ2n) is 6.39. The van der Waals surface area contributed by atoms with Crippen LogP contribution in [-0.4, -0.2) is 57.1 Å². The maximum absolute atomic E-state index is 12.3. The minimum atomic E-state index is -0.382. The van der Waals surface area contributed by atoms with E-state index in [0.717, 1.165) is 28.6 Å². The van der Waals surface area contributed by atoms with E-state index in [4.69, 9.17) is 18.9 Å². The summed E-state index contributed by atoms with van der Waals surface area (Å²) in [5, 5.41) is 3.45. The normalized spacial score (nSPS) is 21.7. The Bertz CT molecular complexity index is 779. The zero-order chi connectivity index (χ0) is 17.9. The van der Waals surface area contributed by atoms with Gasteiger partial charge in [0, 0.05) is 12.5 Å². The zero-order valence-electron chi connectivity index (χ0n) is 14.7. The minimum Gasteiger partial charge on any atom is -0.494 e. The summed E-state index contributed by atoms with van der Waals surface area (Å²) in [5.41, 5.74) is 1.86. The average molecular weight is 378 g/mol. The summed E-state index contributed by atoms with van der Waals surface area (Å²) < 4.78 is 23.2. The quantitative estimate of drug-likeness (QED) is 0.881. The van der Waals surface area contributed by atoms with E-state index in [1.807, 2.05) is 12.1 Å². The molecule has 1 N–H and O–H groups in total. The number of carbonyl (C=O) groups is 1. The summed E-state index contributed by atoms with van der Waals surface area (Å²) in [5.74, 6) is 0.685. The highest BCUT2D eigenvalue weighted by Crippen LogP contribution is 2.38. The van der Waals surface area contributed by atoms with E-state index in [-0.39, 0.29) is 17.9 Å². The monoisotopic (exact) mass is 378 g/mol. The third-order valence-corrected chi connectivity index (χ3v) is 5.68. The number of hydrogen-bond donors (Lipinski definition) is 1. The lowest BCUT2D eigenvalue weighted by Crippen LogP contribution is -2.26. The van der Waals surface area contributed by atoms with Crippen LogP contribution < -0.4 is 10.1 Å². The van der Waals surface area contributed by atoms with E-state index in [1.54, 1.807) is 7.11 Å². The van der Waals surface area contributed by atoms with E-state index in [1.165, 1.54) is 11.3 Å². The summed E-state index contributed by atoms with van der Waals surface area (Å²) in [6, 6.07) is 3.95. The Hall–Kier alpha value is -1.74. The number of nitrogens with one attached hydrogen (secondary N) is 1. The summed E-state index contributed by atoms with van der Waals surface area (Å²) in [7, 11) is 1.62. The van der Waals surface area contributed by atoms with Crippen LogP contribution in [0.25, 0.3) is 10.2 Å². The number of fused-ring (bicyclic) bond motifs is 1. The number of hydrogen-bond acceptors (Lipinski definition) is 7. The number of nitrogens with zero attached hydrogens (tertiary/aromatic N) is 1. The van der Waals surface area contributed by atoms with Crippen LogP contribution >= 0.6 is 11.3 Å². The van der Waals surface area contributed by atoms with Crippen molar-refractivity contribution in [2.45, 2.75) is 24.9 Å². The molecular weight excluding hydrogens is 356 g/mol. The van der Waals surface area contributed by atoms with Crippen molar-refractivity contribution >= 4 is 32.6 Å². The molecule has 4 rings (SSSR count). The maximum atomic E-state index is 12.3. The van der Waals surface area contributed by atoms with Crippen molar-refractivity contribution in [3.63, 3.8) is 0 Å². The molecule has 26 heavy (non-hydrogen) atoms. The Morgan fingerprint density at radius 3 is 2.77 bits per heavy atom. The number of aromatic nitrogens is 1. The lowest BCUT2D eigenvalue weighted by Gasteiger charge is -2.15. The predicted octanol–water partition coefficient (Wildman–Crippen LogP) is 2.55. The summed E-state index contributed by atoms with van der Waals surface area (Å²) in [6.07, 6.45) is 1.28. The first-order valence-electron chi connectivity index (χ1n) is 8.81. The van der Waals surface area contributed by atoms with Gasteiger partial charge in [0.1, 0.15) is 17.4 Å². The van der Waals surface area contributed by atoms with E-state index in [2.05, 4.69) is 10.3 Å². The first-order valence-corrected chi connectivity index (χ1v) is 9.63. The highest BCUT2D eigenvalue weighted by atomic mass is 32.1. The average Bonchev–Trinajstić information content (AvgIpc) is 3.25. The largest absolute Gasteiger partial charge is 0.494 e. The van der Waals surface area contributed by atoms with Crippen LogP contribution in [0, 0.1) is 0 Å². The van der Waals surface area contributed by atoms with Gasteiger partial charge in [-0.25, -0.2) is 4.98 Å². The molecule has 1 amide bonds. The number of carbonyl (C=O) groups excluding carboxylic acids is 1. The lowest BCUT2D eigenvalue weighted by molar-refractivity contribution is -0.124. The van der Waals surface area contributed by atoms with E-state index in [9.17, 15) is 4.79 Å². The molecule has 140 valence electrons. The molecule has 2 aliphatic rings. The van der Waals surface area contributed by atoms with Gasteiger partial charge in [-0.3, -0.25) is 10.1 Å². The molecule has 2 fully saturated rings. The van der Waals surface area contributed by atoms with Crippen LogP contribution in [0.2, 0.25) is 0 Å². The van der Waals surface area contributed by atoms with Gasteiger partial charge in [0.15, 0.2) is 5.13 Å². The first-order chi connectivity index (χ1) is 12.8. The second kappa shape index (κ2) is 7.87. The van der Waals surface area contributed by atoms with Gasteiger partial charge in [0.2, 0.25) is 0 Å². The van der Waals surface area contributed by atoms with Gasteiger partial charge in [0.05, 0.1) is 38.2 Å². The smallest absolute Gasteiger partial charge is 0.255 e. The van der Waals surface area contributed by atoms with Gasteiger partial charge in [0.25, 0.3) is 5.91 Å². The number of ether oxygens (including phenoxy) is 4. The van der Waals surface area contributed by atoms with Crippen molar-refractivity contribution in [2.24, 2.45) is 0 Å². The van der Waals surface area contributed by atoms with Crippen LogP contribution in [0.1, 0.15) is 24.3 Å². The van der Waals surface area contributed by atoms with Gasteiger partial charge >= 0.3 is 0 Å². The third-order valence-electron chi connectivity index (χ3n) is 4.66. The molecule has 0 spiro atoms. The molecule has 0 saturated carbocycles. The van der Waals surface area contributed by atoms with Gasteiger partial charge < -0.3 is 18.9 Å². The molecule has 0 bridgehead atoms. The molecule has 2 saturated heterocycles. The summed E-state index contributed by atoms with van der Waals surface area (Å²) >= 11 is 1.45. The highest BCUT2D eigenvalue weighted by Gasteiger charge is 2.26. The minimum absolute atomic E-state index is 0.132. The Labute approximate surface area is 155 Å². The Morgan fingerprint density at radius 1 is 1.27 bits per heavy atom. The van der Waals surface area contributed by atoms with Crippen molar-refractivity contribution in [2.75, 3.05) is 45.5 Å². The molecule has 7 nitrogen and oxygen atoms in total. The molecule has 0 unspecified atom stereocenters. The topological polar surface area (TPSA) is 78.9 Å².